The van der Waals surface area contributed by atoms with Gasteiger partial charge in [-0.15, -0.1) is 0 Å². The van der Waals surface area contributed by atoms with Crippen molar-refractivity contribution in [2.45, 2.75) is 59.2 Å². The number of fused-ring (bicyclic) bond motifs is 6. The third-order valence-electron chi connectivity index (χ3n) is 9.31. The van der Waals surface area contributed by atoms with Crippen LogP contribution in [0.3, 0.4) is 0 Å². The number of alkyl carbamates (subject to hydrolysis) is 2. The molecular formula is C38H46N8O6. The molecule has 4 aromatic rings. The Balaban J connectivity index is 1.17. The highest BCUT2D eigenvalue weighted by atomic mass is 16.5. The van der Waals surface area contributed by atoms with Crippen molar-refractivity contribution >= 4 is 18.1 Å². The number of rotatable bonds is 14. The Hall–Kier alpha value is -5.79. The quantitative estimate of drug-likeness (QED) is 0.136. The molecule has 3 heterocycles. The molecular weight excluding hydrogens is 664 g/mol. The molecule has 3 amide bonds. The van der Waals surface area contributed by atoms with Crippen LogP contribution in [-0.2, 0) is 46.8 Å². The molecule has 0 spiro atoms. The number of hydrogen-bond donors (Lipinski definition) is 4. The Morgan fingerprint density at radius 3 is 2.35 bits per heavy atom. The average molecular weight is 711 g/mol. The summed E-state index contributed by atoms with van der Waals surface area (Å²) >= 11 is 0. The molecule has 14 nitrogen and oxygen atoms in total. The SMILES string of the molecule is C=C(CNC(=O)OC)N(CCC)Cc1ncc(-c2ccc3c(c2)COc2cc4c(cc2-3)CCc2nc(CN(CCC)C(=O)CNC(=O)OC)[nH]c2-4)[nH]1. The first-order valence-electron chi connectivity index (χ1n) is 17.6. The number of carbonyl (C=O) groups is 3. The van der Waals surface area contributed by atoms with Crippen molar-refractivity contribution in [3.05, 3.63) is 77.3 Å². The zero-order valence-corrected chi connectivity index (χ0v) is 30.2. The van der Waals surface area contributed by atoms with Gasteiger partial charge in [0.1, 0.15) is 30.5 Å². The third kappa shape index (κ3) is 7.90. The Morgan fingerprint density at radius 1 is 0.865 bits per heavy atom. The van der Waals surface area contributed by atoms with Crippen molar-refractivity contribution in [2.24, 2.45) is 0 Å². The van der Waals surface area contributed by atoms with Crippen LogP contribution in [0.25, 0.3) is 33.6 Å². The van der Waals surface area contributed by atoms with Crippen molar-refractivity contribution in [1.82, 2.24) is 40.4 Å². The van der Waals surface area contributed by atoms with Crippen molar-refractivity contribution in [3.8, 4) is 39.4 Å². The van der Waals surface area contributed by atoms with Crippen LogP contribution in [0, 0.1) is 0 Å². The van der Waals surface area contributed by atoms with Gasteiger partial charge in [-0.1, -0.05) is 32.6 Å². The number of aromatic nitrogens is 4. The molecule has 1 aliphatic heterocycles. The van der Waals surface area contributed by atoms with Crippen LogP contribution in [0.4, 0.5) is 9.59 Å². The minimum Gasteiger partial charge on any atom is -0.488 e. The van der Waals surface area contributed by atoms with Gasteiger partial charge >= 0.3 is 12.2 Å². The normalized spacial score (nSPS) is 12.3. The van der Waals surface area contributed by atoms with Crippen LogP contribution < -0.4 is 15.4 Å². The van der Waals surface area contributed by atoms with E-state index < -0.39 is 12.2 Å². The second kappa shape index (κ2) is 16.0. The molecule has 0 radical (unpaired) electrons. The number of aryl methyl sites for hydroxylation is 2. The molecule has 2 aliphatic rings. The lowest BCUT2D eigenvalue weighted by atomic mass is 9.86. The van der Waals surface area contributed by atoms with Crippen molar-refractivity contribution in [2.75, 3.05) is 40.4 Å². The van der Waals surface area contributed by atoms with Crippen LogP contribution in [0.1, 0.15) is 55.2 Å². The smallest absolute Gasteiger partial charge is 0.407 e. The second-order valence-electron chi connectivity index (χ2n) is 12.9. The predicted octanol–water partition coefficient (Wildman–Crippen LogP) is 5.30. The molecule has 52 heavy (non-hydrogen) atoms. The summed E-state index contributed by atoms with van der Waals surface area (Å²) in [5, 5.41) is 5.16. The molecule has 274 valence electrons. The Labute approximate surface area is 303 Å². The first kappa shape index (κ1) is 36.0. The van der Waals surface area contributed by atoms with E-state index in [9.17, 15) is 14.4 Å². The zero-order valence-electron chi connectivity index (χ0n) is 30.2. The summed E-state index contributed by atoms with van der Waals surface area (Å²) in [6.07, 6.45) is 4.02. The molecule has 14 heteroatoms. The third-order valence-corrected chi connectivity index (χ3v) is 9.31. The number of nitrogens with zero attached hydrogens (tertiary/aromatic N) is 4. The number of methoxy groups -OCH3 is 2. The molecule has 0 bridgehead atoms. The summed E-state index contributed by atoms with van der Waals surface area (Å²) < 4.78 is 15.6. The fourth-order valence-corrected chi connectivity index (χ4v) is 6.71. The molecule has 4 N–H and O–H groups in total. The van der Waals surface area contributed by atoms with Crippen molar-refractivity contribution in [1.29, 1.82) is 0 Å². The first-order valence-corrected chi connectivity index (χ1v) is 17.6. The summed E-state index contributed by atoms with van der Waals surface area (Å²) in [4.78, 5) is 56.2. The van der Waals surface area contributed by atoms with Crippen molar-refractivity contribution < 1.29 is 28.6 Å². The average Bonchev–Trinajstić information content (AvgIpc) is 3.81. The summed E-state index contributed by atoms with van der Waals surface area (Å²) in [5.74, 6) is 2.12. The summed E-state index contributed by atoms with van der Waals surface area (Å²) in [7, 11) is 2.60. The maximum Gasteiger partial charge on any atom is 0.407 e. The molecule has 0 unspecified atom stereocenters. The second-order valence-corrected chi connectivity index (χ2v) is 12.9. The van der Waals surface area contributed by atoms with Crippen LogP contribution in [0.2, 0.25) is 0 Å². The van der Waals surface area contributed by atoms with Gasteiger partial charge in [-0.05, 0) is 66.1 Å². The predicted molar refractivity (Wildman–Crippen MR) is 195 cm³/mol. The number of ether oxygens (including phenoxy) is 3. The molecule has 1 aliphatic carbocycles. The van der Waals surface area contributed by atoms with Crippen molar-refractivity contribution in [3.63, 3.8) is 0 Å². The summed E-state index contributed by atoms with van der Waals surface area (Å²) in [6.45, 7) is 11.0. The van der Waals surface area contributed by atoms with E-state index in [0.717, 1.165) is 94.4 Å². The molecule has 2 aromatic carbocycles. The van der Waals surface area contributed by atoms with E-state index in [-0.39, 0.29) is 12.5 Å². The number of hydrogen-bond acceptors (Lipinski definition) is 9. The molecule has 6 rings (SSSR count). The van der Waals surface area contributed by atoms with Gasteiger partial charge in [0.15, 0.2) is 0 Å². The van der Waals surface area contributed by atoms with E-state index in [4.69, 9.17) is 9.72 Å². The fourth-order valence-electron chi connectivity index (χ4n) is 6.71. The van der Waals surface area contributed by atoms with Gasteiger partial charge in [0.25, 0.3) is 0 Å². The number of benzene rings is 2. The zero-order chi connectivity index (χ0) is 36.8. The maximum absolute atomic E-state index is 12.9. The van der Waals surface area contributed by atoms with E-state index in [0.29, 0.717) is 38.6 Å². The van der Waals surface area contributed by atoms with E-state index in [1.54, 1.807) is 4.90 Å². The van der Waals surface area contributed by atoms with Crippen LogP contribution in [0.15, 0.2) is 48.8 Å². The number of amides is 3. The summed E-state index contributed by atoms with van der Waals surface area (Å²) in [6, 6.07) is 10.8. The number of carbonyl (C=O) groups excluding carboxylic acids is 3. The topological polar surface area (TPSA) is 167 Å². The van der Waals surface area contributed by atoms with E-state index in [2.05, 4.69) is 83.8 Å². The van der Waals surface area contributed by atoms with Gasteiger partial charge in [0, 0.05) is 29.9 Å². The number of imidazole rings is 2. The van der Waals surface area contributed by atoms with E-state index in [1.165, 1.54) is 19.8 Å². The molecule has 0 saturated heterocycles. The van der Waals surface area contributed by atoms with E-state index in [1.807, 2.05) is 13.1 Å². The molecule has 0 fully saturated rings. The van der Waals surface area contributed by atoms with Gasteiger partial charge in [-0.3, -0.25) is 4.79 Å². The largest absolute Gasteiger partial charge is 0.488 e. The number of nitrogens with one attached hydrogen (secondary N) is 4. The minimum absolute atomic E-state index is 0.140. The van der Waals surface area contributed by atoms with Gasteiger partial charge < -0.3 is 44.6 Å². The number of H-pyrrole nitrogens is 2. The molecule has 0 atom stereocenters. The highest BCUT2D eigenvalue weighted by molar-refractivity contribution is 5.84. The van der Waals surface area contributed by atoms with Gasteiger partial charge in [-0.25, -0.2) is 19.6 Å². The van der Waals surface area contributed by atoms with Crippen LogP contribution in [-0.4, -0.2) is 88.2 Å². The molecule has 2 aromatic heterocycles. The Morgan fingerprint density at radius 2 is 1.60 bits per heavy atom. The highest BCUT2D eigenvalue weighted by Gasteiger charge is 2.27. The van der Waals surface area contributed by atoms with Gasteiger partial charge in [0.05, 0.1) is 57.1 Å². The number of aromatic amines is 2. The fraction of sp³-hybridized carbons (Fsp3) is 0.395. The van der Waals surface area contributed by atoms with Gasteiger partial charge in [-0.2, -0.15) is 0 Å². The first-order chi connectivity index (χ1) is 25.2. The molecule has 0 saturated carbocycles. The monoisotopic (exact) mass is 710 g/mol. The standard InChI is InChI=1S/C38H46N8O6/c1-6-12-45(23(3)17-40-37(48)50-4)20-33-39-18-31(43-33)25-8-10-27-26(14-25)22-52-32-16-28-24(15-29(27)32)9-11-30-36(28)44-34(42-30)21-46(13-7-2)35(47)19-41-38(49)51-5/h8,10,14-16,18H,3,6-7,9,11-13,17,19-22H2,1-2,4-5H3,(H,39,43)(H,40,48)(H,41,49)(H,42,44). The lowest BCUT2D eigenvalue weighted by Gasteiger charge is -2.25. The Kier molecular flexibility index (Phi) is 11.1. The van der Waals surface area contributed by atoms with Crippen LogP contribution in [0.5, 0.6) is 5.75 Å². The van der Waals surface area contributed by atoms with Crippen LogP contribution >= 0.6 is 0 Å². The van der Waals surface area contributed by atoms with Gasteiger partial charge in [0.2, 0.25) is 5.91 Å². The minimum atomic E-state index is -0.641. The lowest BCUT2D eigenvalue weighted by molar-refractivity contribution is -0.130. The maximum atomic E-state index is 12.9. The Bertz CT molecular complexity index is 1970. The lowest BCUT2D eigenvalue weighted by Crippen LogP contribution is -2.40. The van der Waals surface area contributed by atoms with E-state index >= 15 is 0 Å². The highest BCUT2D eigenvalue weighted by Crippen LogP contribution is 2.44. The summed E-state index contributed by atoms with van der Waals surface area (Å²) in [5.41, 5.74) is 10.2.